The van der Waals surface area contributed by atoms with Crippen LogP contribution in [-0.2, 0) is 16.6 Å². The molecular formula is C19H24O3. The second kappa shape index (κ2) is 4.19. The van der Waals surface area contributed by atoms with Gasteiger partial charge < -0.3 is 14.6 Å². The SMILES string of the molecule is COC1C(C)CC2C3CCCC24c2c(ccc(O)c2OC14)C3. The number of hydrogen-bond acceptors (Lipinski definition) is 3. The standard InChI is InChI=1S/C19H24O3/c1-10-8-13-11-4-3-7-19(13)15-12(9-11)5-6-14(20)17(15)22-18(19)16(10)21-2/h5-6,10-11,13,16,18,20H,3-4,7-9H2,1-2H3. The molecular weight excluding hydrogens is 276 g/mol. The molecule has 22 heavy (non-hydrogen) atoms. The lowest BCUT2D eigenvalue weighted by atomic mass is 9.47. The van der Waals surface area contributed by atoms with E-state index in [0.717, 1.165) is 18.1 Å². The van der Waals surface area contributed by atoms with Crippen molar-refractivity contribution in [2.45, 2.75) is 56.7 Å². The first-order valence-electron chi connectivity index (χ1n) is 8.71. The third-order valence-corrected chi connectivity index (χ3v) is 7.08. The second-order valence-corrected chi connectivity index (χ2v) is 7.90. The van der Waals surface area contributed by atoms with Crippen LogP contribution in [0.25, 0.3) is 0 Å². The highest BCUT2D eigenvalue weighted by Crippen LogP contribution is 2.66. The van der Waals surface area contributed by atoms with Gasteiger partial charge in [0.15, 0.2) is 11.5 Å². The number of methoxy groups -OCH3 is 1. The fraction of sp³-hybridized carbons (Fsp3) is 0.684. The van der Waals surface area contributed by atoms with Crippen molar-refractivity contribution in [3.8, 4) is 11.5 Å². The molecule has 1 aliphatic heterocycles. The van der Waals surface area contributed by atoms with E-state index in [1.807, 2.05) is 13.2 Å². The Hall–Kier alpha value is -1.22. The molecule has 6 unspecified atom stereocenters. The Labute approximate surface area is 131 Å². The molecule has 3 aliphatic carbocycles. The zero-order chi connectivity index (χ0) is 15.1. The van der Waals surface area contributed by atoms with Gasteiger partial charge in [-0.1, -0.05) is 19.4 Å². The Morgan fingerprint density at radius 2 is 2.23 bits per heavy atom. The quantitative estimate of drug-likeness (QED) is 0.863. The lowest BCUT2D eigenvalue weighted by Crippen LogP contribution is -2.62. The summed E-state index contributed by atoms with van der Waals surface area (Å²) in [7, 11) is 1.81. The van der Waals surface area contributed by atoms with Gasteiger partial charge in [-0.3, -0.25) is 0 Å². The van der Waals surface area contributed by atoms with Gasteiger partial charge in [-0.05, 0) is 55.1 Å². The highest BCUT2D eigenvalue weighted by Gasteiger charge is 2.65. The van der Waals surface area contributed by atoms with Crippen molar-refractivity contribution >= 4 is 0 Å². The van der Waals surface area contributed by atoms with Crippen molar-refractivity contribution in [3.05, 3.63) is 23.3 Å². The predicted octanol–water partition coefficient (Wildman–Crippen LogP) is 3.42. The van der Waals surface area contributed by atoms with Crippen LogP contribution >= 0.6 is 0 Å². The number of aromatic hydroxyl groups is 1. The topological polar surface area (TPSA) is 38.7 Å². The molecule has 0 saturated heterocycles. The van der Waals surface area contributed by atoms with Crippen molar-refractivity contribution in [1.82, 2.24) is 0 Å². The maximum absolute atomic E-state index is 10.4. The summed E-state index contributed by atoms with van der Waals surface area (Å²) in [6, 6.07) is 3.96. The van der Waals surface area contributed by atoms with Gasteiger partial charge >= 0.3 is 0 Å². The Kier molecular flexibility index (Phi) is 2.52. The zero-order valence-corrected chi connectivity index (χ0v) is 13.3. The highest BCUT2D eigenvalue weighted by molar-refractivity contribution is 5.60. The zero-order valence-electron chi connectivity index (χ0n) is 13.3. The lowest BCUT2D eigenvalue weighted by molar-refractivity contribution is -0.126. The minimum absolute atomic E-state index is 0.0800. The maximum Gasteiger partial charge on any atom is 0.165 e. The maximum atomic E-state index is 10.4. The number of ether oxygens (including phenoxy) is 2. The Morgan fingerprint density at radius 1 is 1.36 bits per heavy atom. The Balaban J connectivity index is 1.79. The van der Waals surface area contributed by atoms with Crippen molar-refractivity contribution < 1.29 is 14.6 Å². The highest BCUT2D eigenvalue weighted by atomic mass is 16.5. The third kappa shape index (κ3) is 1.33. The number of phenolic OH excluding ortho intramolecular Hbond substituents is 1. The molecule has 1 aromatic rings. The monoisotopic (exact) mass is 300 g/mol. The molecule has 1 N–H and O–H groups in total. The average Bonchev–Trinajstić information content (AvgIpc) is 2.83. The van der Waals surface area contributed by atoms with Crippen LogP contribution in [0, 0.1) is 17.8 Å². The van der Waals surface area contributed by atoms with Gasteiger partial charge in [0.25, 0.3) is 0 Å². The van der Waals surface area contributed by atoms with Crippen molar-refractivity contribution in [3.63, 3.8) is 0 Å². The first-order chi connectivity index (χ1) is 10.7. The van der Waals surface area contributed by atoms with E-state index in [1.165, 1.54) is 36.8 Å². The lowest BCUT2D eigenvalue weighted by Gasteiger charge is -2.57. The molecule has 6 atom stereocenters. The van der Waals surface area contributed by atoms with E-state index in [2.05, 4.69) is 13.0 Å². The Morgan fingerprint density at radius 3 is 3.05 bits per heavy atom. The smallest absolute Gasteiger partial charge is 0.165 e. The second-order valence-electron chi connectivity index (χ2n) is 7.90. The number of phenols is 1. The summed E-state index contributed by atoms with van der Waals surface area (Å²) < 4.78 is 12.3. The summed E-state index contributed by atoms with van der Waals surface area (Å²) in [5.41, 5.74) is 2.85. The molecule has 0 aromatic heterocycles. The summed E-state index contributed by atoms with van der Waals surface area (Å²) in [6.07, 6.45) is 6.42. The third-order valence-electron chi connectivity index (χ3n) is 7.08. The minimum Gasteiger partial charge on any atom is -0.504 e. The summed E-state index contributed by atoms with van der Waals surface area (Å²) in [6.45, 7) is 2.30. The van der Waals surface area contributed by atoms with Gasteiger partial charge in [-0.25, -0.2) is 0 Å². The van der Waals surface area contributed by atoms with E-state index in [1.54, 1.807) is 0 Å². The molecule has 4 aliphatic rings. The van der Waals surface area contributed by atoms with Crippen LogP contribution < -0.4 is 4.74 Å². The van der Waals surface area contributed by atoms with Crippen molar-refractivity contribution in [2.75, 3.05) is 7.11 Å². The predicted molar refractivity (Wildman–Crippen MR) is 83.3 cm³/mol. The van der Waals surface area contributed by atoms with E-state index < -0.39 is 0 Å². The Bertz CT molecular complexity index is 640. The van der Waals surface area contributed by atoms with Crippen molar-refractivity contribution in [2.24, 2.45) is 17.8 Å². The van der Waals surface area contributed by atoms with Crippen LogP contribution in [0.5, 0.6) is 11.5 Å². The van der Waals surface area contributed by atoms with Crippen LogP contribution in [0.3, 0.4) is 0 Å². The minimum atomic E-state index is 0.0800. The first kappa shape index (κ1) is 13.2. The van der Waals surface area contributed by atoms with Gasteiger partial charge in [0, 0.05) is 18.1 Å². The molecule has 3 heteroatoms. The van der Waals surface area contributed by atoms with E-state index >= 15 is 0 Å². The molecule has 3 nitrogen and oxygen atoms in total. The van der Waals surface area contributed by atoms with Gasteiger partial charge in [-0.15, -0.1) is 0 Å². The van der Waals surface area contributed by atoms with Gasteiger partial charge in [0.05, 0.1) is 6.10 Å². The first-order valence-corrected chi connectivity index (χ1v) is 8.71. The fourth-order valence-corrected chi connectivity index (χ4v) is 6.39. The van der Waals surface area contributed by atoms with E-state index in [0.29, 0.717) is 17.6 Å². The van der Waals surface area contributed by atoms with E-state index in [9.17, 15) is 5.11 Å². The molecule has 1 heterocycles. The van der Waals surface area contributed by atoms with Gasteiger partial charge in [0.1, 0.15) is 6.10 Å². The molecule has 0 radical (unpaired) electrons. The largest absolute Gasteiger partial charge is 0.504 e. The van der Waals surface area contributed by atoms with Crippen LogP contribution in [-0.4, -0.2) is 24.4 Å². The summed E-state index contributed by atoms with van der Waals surface area (Å²) >= 11 is 0. The summed E-state index contributed by atoms with van der Waals surface area (Å²) in [4.78, 5) is 0. The molecule has 5 rings (SSSR count). The van der Waals surface area contributed by atoms with Crippen molar-refractivity contribution in [1.29, 1.82) is 0 Å². The number of rotatable bonds is 1. The van der Waals surface area contributed by atoms with Crippen LogP contribution in [0.4, 0.5) is 0 Å². The molecule has 2 saturated carbocycles. The van der Waals surface area contributed by atoms with Crippen LogP contribution in [0.1, 0.15) is 43.7 Å². The average molecular weight is 300 g/mol. The molecule has 2 bridgehead atoms. The summed E-state index contributed by atoms with van der Waals surface area (Å²) in [5.74, 6) is 3.08. The van der Waals surface area contributed by atoms with E-state index in [-0.39, 0.29) is 17.6 Å². The summed E-state index contributed by atoms with van der Waals surface area (Å²) in [5, 5.41) is 10.4. The molecule has 1 spiro atoms. The van der Waals surface area contributed by atoms with Gasteiger partial charge in [0.2, 0.25) is 0 Å². The molecule has 2 fully saturated rings. The molecule has 118 valence electrons. The van der Waals surface area contributed by atoms with Gasteiger partial charge in [-0.2, -0.15) is 0 Å². The van der Waals surface area contributed by atoms with Crippen LogP contribution in [0.15, 0.2) is 12.1 Å². The van der Waals surface area contributed by atoms with Crippen LogP contribution in [0.2, 0.25) is 0 Å². The normalized spacial score (nSPS) is 44.4. The van der Waals surface area contributed by atoms with E-state index in [4.69, 9.17) is 9.47 Å². The molecule has 1 aromatic carbocycles. The number of benzene rings is 1. The molecule has 0 amide bonds. The fourth-order valence-electron chi connectivity index (χ4n) is 6.39. The number of hydrogen-bond donors (Lipinski definition) is 1.